The monoisotopic (exact) mass is 219 g/mol. The molecule has 0 unspecified atom stereocenters. The Kier molecular flexibility index (Phi) is 3.44. The van der Waals surface area contributed by atoms with E-state index in [1.807, 2.05) is 18.5 Å². The highest BCUT2D eigenvalue weighted by Crippen LogP contribution is 2.23. The Morgan fingerprint density at radius 3 is 2.50 bits per heavy atom. The molecule has 3 nitrogen and oxygen atoms in total. The van der Waals surface area contributed by atoms with Crippen LogP contribution in [0.25, 0.3) is 0 Å². The van der Waals surface area contributed by atoms with Gasteiger partial charge >= 0.3 is 0 Å². The lowest BCUT2D eigenvalue weighted by atomic mass is 10.1. The van der Waals surface area contributed by atoms with Gasteiger partial charge < -0.3 is 4.90 Å². The lowest BCUT2D eigenvalue weighted by Gasteiger charge is -2.45. The predicted octanol–water partition coefficient (Wildman–Crippen LogP) is 2.00. The summed E-state index contributed by atoms with van der Waals surface area (Å²) in [5, 5.41) is 0. The Labute approximate surface area is 98.1 Å². The summed E-state index contributed by atoms with van der Waals surface area (Å²) in [6.07, 6.45) is 3.80. The second-order valence-electron chi connectivity index (χ2n) is 4.67. The van der Waals surface area contributed by atoms with Crippen molar-refractivity contribution in [3.05, 3.63) is 24.5 Å². The molecule has 0 amide bonds. The molecule has 2 rings (SSSR count). The number of anilines is 1. The van der Waals surface area contributed by atoms with E-state index < -0.39 is 0 Å². The fourth-order valence-electron chi connectivity index (χ4n) is 2.71. The first-order chi connectivity index (χ1) is 7.72. The third-order valence-corrected chi connectivity index (χ3v) is 3.39. The van der Waals surface area contributed by atoms with Crippen molar-refractivity contribution in [2.24, 2.45) is 0 Å². The molecule has 3 heteroatoms. The van der Waals surface area contributed by atoms with Crippen molar-refractivity contribution in [3.63, 3.8) is 0 Å². The average molecular weight is 219 g/mol. The van der Waals surface area contributed by atoms with Gasteiger partial charge in [-0.15, -0.1) is 0 Å². The van der Waals surface area contributed by atoms with Crippen LogP contribution >= 0.6 is 0 Å². The van der Waals surface area contributed by atoms with E-state index in [-0.39, 0.29) is 0 Å². The summed E-state index contributed by atoms with van der Waals surface area (Å²) in [6, 6.07) is 5.29. The molecule has 0 aliphatic carbocycles. The predicted molar refractivity (Wildman–Crippen MR) is 67.8 cm³/mol. The van der Waals surface area contributed by atoms with Crippen molar-refractivity contribution >= 4 is 5.69 Å². The van der Waals surface area contributed by atoms with Crippen LogP contribution in [0.15, 0.2) is 24.5 Å². The van der Waals surface area contributed by atoms with E-state index in [0.717, 1.165) is 19.6 Å². The van der Waals surface area contributed by atoms with Crippen LogP contribution in [-0.4, -0.2) is 41.6 Å². The van der Waals surface area contributed by atoms with E-state index in [2.05, 4.69) is 41.6 Å². The molecule has 0 aromatic carbocycles. The normalized spacial score (nSPS) is 27.1. The minimum absolute atomic E-state index is 0.563. The second-order valence-corrected chi connectivity index (χ2v) is 4.67. The van der Waals surface area contributed by atoms with Crippen molar-refractivity contribution in [2.45, 2.75) is 32.9 Å². The fraction of sp³-hybridized carbons (Fsp3) is 0.615. The van der Waals surface area contributed by atoms with Gasteiger partial charge in [0, 0.05) is 31.4 Å². The van der Waals surface area contributed by atoms with E-state index in [0.29, 0.717) is 12.1 Å². The number of likely N-dealkylation sites (N-methyl/N-ethyl adjacent to an activating group) is 1. The first-order valence-electron chi connectivity index (χ1n) is 6.13. The molecule has 0 radical (unpaired) electrons. The molecule has 88 valence electrons. The van der Waals surface area contributed by atoms with Gasteiger partial charge in [-0.25, -0.2) is 0 Å². The molecule has 1 aliphatic rings. The number of hydrogen-bond donors (Lipinski definition) is 0. The van der Waals surface area contributed by atoms with Gasteiger partial charge in [-0.2, -0.15) is 0 Å². The van der Waals surface area contributed by atoms with E-state index in [1.54, 1.807) is 0 Å². The summed E-state index contributed by atoms with van der Waals surface area (Å²) in [5.74, 6) is 0. The molecule has 0 N–H and O–H groups in total. The third-order valence-electron chi connectivity index (χ3n) is 3.39. The summed E-state index contributed by atoms with van der Waals surface area (Å²) in [6.45, 7) is 10.3. The highest BCUT2D eigenvalue weighted by atomic mass is 15.3. The molecule has 0 saturated carbocycles. The Bertz CT molecular complexity index is 313. The Hall–Kier alpha value is -1.09. The highest BCUT2D eigenvalue weighted by molar-refractivity contribution is 5.46. The Morgan fingerprint density at radius 1 is 1.31 bits per heavy atom. The first-order valence-corrected chi connectivity index (χ1v) is 6.13. The van der Waals surface area contributed by atoms with Crippen LogP contribution in [0.3, 0.4) is 0 Å². The number of rotatable bonds is 2. The largest absolute Gasteiger partial charge is 0.362 e. The van der Waals surface area contributed by atoms with Crippen molar-refractivity contribution in [1.29, 1.82) is 0 Å². The van der Waals surface area contributed by atoms with Crippen LogP contribution < -0.4 is 4.90 Å². The van der Waals surface area contributed by atoms with E-state index in [4.69, 9.17) is 0 Å². The van der Waals surface area contributed by atoms with Gasteiger partial charge in [0.2, 0.25) is 0 Å². The minimum atomic E-state index is 0.563. The molecular weight excluding hydrogens is 198 g/mol. The van der Waals surface area contributed by atoms with E-state index >= 15 is 0 Å². The summed E-state index contributed by atoms with van der Waals surface area (Å²) < 4.78 is 0. The van der Waals surface area contributed by atoms with E-state index in [9.17, 15) is 0 Å². The summed E-state index contributed by atoms with van der Waals surface area (Å²) in [4.78, 5) is 9.21. The molecule has 2 atom stereocenters. The zero-order valence-electron chi connectivity index (χ0n) is 10.4. The quantitative estimate of drug-likeness (QED) is 0.758. The molecule has 0 bridgehead atoms. The second kappa shape index (κ2) is 4.83. The van der Waals surface area contributed by atoms with Gasteiger partial charge in [0.05, 0.1) is 11.9 Å². The number of nitrogens with zero attached hydrogens (tertiary/aromatic N) is 3. The maximum atomic E-state index is 4.21. The van der Waals surface area contributed by atoms with Crippen LogP contribution in [0.2, 0.25) is 0 Å². The van der Waals surface area contributed by atoms with Gasteiger partial charge in [-0.05, 0) is 32.5 Å². The lowest BCUT2D eigenvalue weighted by Crippen LogP contribution is -2.56. The van der Waals surface area contributed by atoms with Crippen LogP contribution in [-0.2, 0) is 0 Å². The standard InChI is InChI=1S/C13H21N3/c1-4-15-9-11(2)16(12(3)10-15)13-6-5-7-14-8-13/h5-8,11-12H,4,9-10H2,1-3H3/t11-,12+. The van der Waals surface area contributed by atoms with E-state index in [1.165, 1.54) is 5.69 Å². The van der Waals surface area contributed by atoms with Gasteiger partial charge in [-0.1, -0.05) is 6.92 Å². The van der Waals surface area contributed by atoms with Gasteiger partial charge in [0.15, 0.2) is 0 Å². The van der Waals surface area contributed by atoms with Gasteiger partial charge in [-0.3, -0.25) is 9.88 Å². The molecule has 1 saturated heterocycles. The smallest absolute Gasteiger partial charge is 0.0558 e. The number of piperazine rings is 1. The zero-order chi connectivity index (χ0) is 11.5. The zero-order valence-corrected chi connectivity index (χ0v) is 10.4. The van der Waals surface area contributed by atoms with Crippen molar-refractivity contribution in [1.82, 2.24) is 9.88 Å². The van der Waals surface area contributed by atoms with Crippen LogP contribution in [0.4, 0.5) is 5.69 Å². The Morgan fingerprint density at radius 2 is 2.00 bits per heavy atom. The molecule has 1 aromatic heterocycles. The van der Waals surface area contributed by atoms with Crippen molar-refractivity contribution < 1.29 is 0 Å². The Balaban J connectivity index is 2.16. The summed E-state index contributed by atoms with van der Waals surface area (Å²) >= 11 is 0. The summed E-state index contributed by atoms with van der Waals surface area (Å²) in [7, 11) is 0. The number of pyridine rings is 1. The third kappa shape index (κ3) is 2.19. The minimum Gasteiger partial charge on any atom is -0.362 e. The lowest BCUT2D eigenvalue weighted by molar-refractivity contribution is 0.209. The molecule has 1 fully saturated rings. The number of hydrogen-bond acceptors (Lipinski definition) is 3. The topological polar surface area (TPSA) is 19.4 Å². The molecular formula is C13H21N3. The summed E-state index contributed by atoms with van der Waals surface area (Å²) in [5.41, 5.74) is 1.25. The highest BCUT2D eigenvalue weighted by Gasteiger charge is 2.28. The number of aromatic nitrogens is 1. The first kappa shape index (κ1) is 11.4. The molecule has 16 heavy (non-hydrogen) atoms. The molecule has 2 heterocycles. The van der Waals surface area contributed by atoms with Crippen molar-refractivity contribution in [2.75, 3.05) is 24.5 Å². The molecule has 0 spiro atoms. The van der Waals surface area contributed by atoms with Crippen LogP contribution in [0.1, 0.15) is 20.8 Å². The maximum Gasteiger partial charge on any atom is 0.0558 e. The van der Waals surface area contributed by atoms with Gasteiger partial charge in [0.1, 0.15) is 0 Å². The van der Waals surface area contributed by atoms with Crippen LogP contribution in [0.5, 0.6) is 0 Å². The SMILES string of the molecule is CCN1C[C@@H](C)N(c2cccnc2)[C@@H](C)C1. The average Bonchev–Trinajstić information content (AvgIpc) is 2.29. The fourth-order valence-corrected chi connectivity index (χ4v) is 2.71. The maximum absolute atomic E-state index is 4.21. The van der Waals surface area contributed by atoms with Gasteiger partial charge in [0.25, 0.3) is 0 Å². The van der Waals surface area contributed by atoms with Crippen LogP contribution in [0, 0.1) is 0 Å². The molecule has 1 aromatic rings. The molecule has 1 aliphatic heterocycles. The van der Waals surface area contributed by atoms with Crippen molar-refractivity contribution in [3.8, 4) is 0 Å².